The predicted molar refractivity (Wildman–Crippen MR) is 110 cm³/mol. The van der Waals surface area contributed by atoms with E-state index in [0.29, 0.717) is 16.6 Å². The molecule has 5 nitrogen and oxygen atoms in total. The highest BCUT2D eigenvalue weighted by Gasteiger charge is 2.50. The Morgan fingerprint density at radius 2 is 1.79 bits per heavy atom. The first kappa shape index (κ1) is 19.9. The van der Waals surface area contributed by atoms with Crippen LogP contribution in [0.5, 0.6) is 5.75 Å². The number of hydrogen-bond donors (Lipinski definition) is 0. The van der Waals surface area contributed by atoms with E-state index in [2.05, 4.69) is 6.92 Å². The first-order valence-electron chi connectivity index (χ1n) is 9.50. The van der Waals surface area contributed by atoms with Crippen LogP contribution in [0, 0.1) is 17.8 Å². The molecule has 29 heavy (non-hydrogen) atoms. The lowest BCUT2D eigenvalue weighted by atomic mass is 9.76. The lowest BCUT2D eigenvalue weighted by molar-refractivity contribution is -0.122. The van der Waals surface area contributed by atoms with Gasteiger partial charge in [0.15, 0.2) is 0 Å². The molecule has 2 aromatic carbocycles. The molecule has 2 fully saturated rings. The third-order valence-corrected chi connectivity index (χ3v) is 6.15. The number of halogens is 2. The summed E-state index contributed by atoms with van der Waals surface area (Å²) >= 11 is 11.9. The number of anilines is 1. The van der Waals surface area contributed by atoms with E-state index in [1.807, 2.05) is 0 Å². The van der Waals surface area contributed by atoms with Crippen LogP contribution in [0.4, 0.5) is 5.69 Å². The molecule has 0 unspecified atom stereocenters. The quantitative estimate of drug-likeness (QED) is 0.383. The number of rotatable bonds is 3. The van der Waals surface area contributed by atoms with Crippen LogP contribution >= 0.6 is 23.2 Å². The number of amides is 2. The summed E-state index contributed by atoms with van der Waals surface area (Å²) in [5.74, 6) is -0.924. The van der Waals surface area contributed by atoms with Crippen molar-refractivity contribution in [2.24, 2.45) is 17.8 Å². The maximum absolute atomic E-state index is 12.9. The van der Waals surface area contributed by atoms with Crippen LogP contribution in [-0.2, 0) is 9.59 Å². The molecular formula is C22H19Cl2NO4. The second-order valence-electron chi connectivity index (χ2n) is 7.66. The number of ether oxygens (including phenoxy) is 1. The summed E-state index contributed by atoms with van der Waals surface area (Å²) in [6.07, 6.45) is 2.40. The lowest BCUT2D eigenvalue weighted by Gasteiger charge is -2.25. The minimum absolute atomic E-state index is 0.180. The second-order valence-corrected chi connectivity index (χ2v) is 8.50. The molecule has 0 N–H and O–H groups in total. The van der Waals surface area contributed by atoms with Crippen molar-refractivity contribution in [3.63, 3.8) is 0 Å². The molecule has 3 atom stereocenters. The van der Waals surface area contributed by atoms with Crippen LogP contribution < -0.4 is 9.64 Å². The second kappa shape index (κ2) is 7.81. The number of hydrogen-bond acceptors (Lipinski definition) is 4. The van der Waals surface area contributed by atoms with Crippen molar-refractivity contribution in [3.05, 3.63) is 58.1 Å². The van der Waals surface area contributed by atoms with Crippen LogP contribution in [0.25, 0.3) is 0 Å². The van der Waals surface area contributed by atoms with E-state index in [-0.39, 0.29) is 40.0 Å². The fraction of sp³-hybridized carbons (Fsp3) is 0.318. The molecule has 1 saturated carbocycles. The smallest absolute Gasteiger partial charge is 0.343 e. The van der Waals surface area contributed by atoms with Gasteiger partial charge in [0.1, 0.15) is 5.75 Å². The molecule has 2 amide bonds. The molecule has 0 bridgehead atoms. The van der Waals surface area contributed by atoms with E-state index in [1.165, 1.54) is 23.1 Å². The molecule has 4 rings (SSSR count). The van der Waals surface area contributed by atoms with Gasteiger partial charge in [-0.25, -0.2) is 4.79 Å². The maximum atomic E-state index is 12.9. The number of carbonyl (C=O) groups is 3. The van der Waals surface area contributed by atoms with Gasteiger partial charge in [0, 0.05) is 5.02 Å². The van der Waals surface area contributed by atoms with Gasteiger partial charge in [-0.05, 0) is 61.6 Å². The Balaban J connectivity index is 1.58. The van der Waals surface area contributed by atoms with Crippen molar-refractivity contribution in [3.8, 4) is 5.75 Å². The van der Waals surface area contributed by atoms with Crippen LogP contribution in [0.2, 0.25) is 10.0 Å². The summed E-state index contributed by atoms with van der Waals surface area (Å²) in [5.41, 5.74) is 0.607. The summed E-state index contributed by atoms with van der Waals surface area (Å²) in [6.45, 7) is 2.11. The van der Waals surface area contributed by atoms with Crippen molar-refractivity contribution >= 4 is 46.7 Å². The van der Waals surface area contributed by atoms with Crippen molar-refractivity contribution in [1.29, 1.82) is 0 Å². The predicted octanol–water partition coefficient (Wildman–Crippen LogP) is 5.14. The van der Waals surface area contributed by atoms with Crippen LogP contribution in [0.15, 0.2) is 42.5 Å². The van der Waals surface area contributed by atoms with Crippen molar-refractivity contribution < 1.29 is 19.1 Å². The molecule has 0 aromatic heterocycles. The van der Waals surface area contributed by atoms with Gasteiger partial charge in [-0.3, -0.25) is 14.5 Å². The highest BCUT2D eigenvalue weighted by molar-refractivity contribution is 6.35. The molecule has 0 radical (unpaired) electrons. The Morgan fingerprint density at radius 3 is 2.55 bits per heavy atom. The normalized spacial score (nSPS) is 23.8. The van der Waals surface area contributed by atoms with Gasteiger partial charge in [-0.1, -0.05) is 36.2 Å². The Labute approximate surface area is 178 Å². The van der Waals surface area contributed by atoms with Crippen LogP contribution in [0.3, 0.4) is 0 Å². The van der Waals surface area contributed by atoms with Crippen molar-refractivity contribution in [1.82, 2.24) is 0 Å². The van der Waals surface area contributed by atoms with E-state index < -0.39 is 5.97 Å². The molecule has 7 heteroatoms. The first-order chi connectivity index (χ1) is 13.8. The summed E-state index contributed by atoms with van der Waals surface area (Å²) in [7, 11) is 0. The van der Waals surface area contributed by atoms with Crippen molar-refractivity contribution in [2.45, 2.75) is 26.2 Å². The molecule has 150 valence electrons. The highest BCUT2D eigenvalue weighted by atomic mass is 35.5. The average molecular weight is 432 g/mol. The van der Waals surface area contributed by atoms with Gasteiger partial charge in [0.25, 0.3) is 0 Å². The lowest BCUT2D eigenvalue weighted by Crippen LogP contribution is -2.31. The van der Waals surface area contributed by atoms with E-state index in [4.69, 9.17) is 27.9 Å². The minimum atomic E-state index is -0.638. The Morgan fingerprint density at radius 1 is 1.03 bits per heavy atom. The zero-order valence-corrected chi connectivity index (χ0v) is 17.2. The fourth-order valence-corrected chi connectivity index (χ4v) is 4.58. The zero-order valence-electron chi connectivity index (χ0n) is 15.7. The van der Waals surface area contributed by atoms with Crippen LogP contribution in [0.1, 0.15) is 36.5 Å². The third-order valence-electron chi connectivity index (χ3n) is 5.62. The molecule has 2 aromatic rings. The fourth-order valence-electron chi connectivity index (χ4n) is 4.13. The first-order valence-corrected chi connectivity index (χ1v) is 10.3. The minimum Gasteiger partial charge on any atom is -0.421 e. The van der Waals surface area contributed by atoms with E-state index in [9.17, 15) is 14.4 Å². The number of imide groups is 1. The topological polar surface area (TPSA) is 63.7 Å². The number of nitrogens with zero attached hydrogens (tertiary/aromatic N) is 1. The molecule has 2 aliphatic rings. The van der Waals surface area contributed by atoms with Crippen molar-refractivity contribution in [2.75, 3.05) is 4.90 Å². The summed E-state index contributed by atoms with van der Waals surface area (Å²) in [6, 6.07) is 10.9. The van der Waals surface area contributed by atoms with Gasteiger partial charge < -0.3 is 4.74 Å². The van der Waals surface area contributed by atoms with Gasteiger partial charge >= 0.3 is 5.97 Å². The molecule has 1 saturated heterocycles. The van der Waals surface area contributed by atoms with Gasteiger partial charge in [0.2, 0.25) is 11.8 Å². The summed E-state index contributed by atoms with van der Waals surface area (Å²) in [4.78, 5) is 39.6. The largest absolute Gasteiger partial charge is 0.421 e. The Bertz CT molecular complexity index is 1010. The van der Waals surface area contributed by atoms with Gasteiger partial charge in [-0.2, -0.15) is 0 Å². The molecule has 1 aliphatic carbocycles. The molecule has 1 aliphatic heterocycles. The Kier molecular flexibility index (Phi) is 5.36. The summed E-state index contributed by atoms with van der Waals surface area (Å²) in [5, 5.41) is 0.642. The summed E-state index contributed by atoms with van der Waals surface area (Å²) < 4.78 is 5.35. The van der Waals surface area contributed by atoms with E-state index in [0.717, 1.165) is 19.3 Å². The molecule has 0 spiro atoms. The highest BCUT2D eigenvalue weighted by Crippen LogP contribution is 2.42. The monoisotopic (exact) mass is 431 g/mol. The average Bonchev–Trinajstić information content (AvgIpc) is 2.94. The number of fused-ring (bicyclic) bond motifs is 1. The SMILES string of the molecule is C[C@@H]1CC[C@@H]2C(=O)N(c3cccc(C(=O)Oc4ccc(Cl)cc4Cl)c3)C(=O)[C@H]2C1. The standard InChI is InChI=1S/C22H19Cl2NO4/c1-12-5-7-16-17(9-12)21(27)25(20(16)26)15-4-2-3-13(10-15)22(28)29-19-8-6-14(23)11-18(19)24/h2-4,6,8,10-12,16-17H,5,7,9H2,1H3/t12-,16+,17+/m1/s1. The van der Waals surface area contributed by atoms with E-state index >= 15 is 0 Å². The number of esters is 1. The zero-order chi connectivity index (χ0) is 20.7. The van der Waals surface area contributed by atoms with Crippen LogP contribution in [-0.4, -0.2) is 17.8 Å². The van der Waals surface area contributed by atoms with E-state index in [1.54, 1.807) is 24.3 Å². The van der Waals surface area contributed by atoms with Gasteiger partial charge in [0.05, 0.1) is 28.1 Å². The third kappa shape index (κ3) is 3.77. The molecule has 1 heterocycles. The number of benzene rings is 2. The number of carbonyl (C=O) groups excluding carboxylic acids is 3. The van der Waals surface area contributed by atoms with Gasteiger partial charge in [-0.15, -0.1) is 0 Å². The maximum Gasteiger partial charge on any atom is 0.343 e. The molecular weight excluding hydrogens is 413 g/mol. The Hall–Kier alpha value is -2.37.